The van der Waals surface area contributed by atoms with Crippen molar-refractivity contribution in [1.29, 1.82) is 0 Å². The van der Waals surface area contributed by atoms with Crippen LogP contribution in [0.2, 0.25) is 0 Å². The van der Waals surface area contributed by atoms with Crippen LogP contribution in [0.4, 0.5) is 0 Å². The van der Waals surface area contributed by atoms with Gasteiger partial charge in [-0.3, -0.25) is 4.79 Å². The summed E-state index contributed by atoms with van der Waals surface area (Å²) in [5.41, 5.74) is -0.648. The molecule has 1 aliphatic carbocycles. The molecule has 5 nitrogen and oxygen atoms in total. The van der Waals surface area contributed by atoms with Gasteiger partial charge >= 0.3 is 0 Å². The van der Waals surface area contributed by atoms with E-state index in [1.807, 2.05) is 0 Å². The Labute approximate surface area is 102 Å². The maximum absolute atomic E-state index is 11.4. The number of ether oxygens (including phenoxy) is 1. The van der Waals surface area contributed by atoms with Gasteiger partial charge in [0.25, 0.3) is 0 Å². The fourth-order valence-corrected chi connectivity index (χ4v) is 1.98. The van der Waals surface area contributed by atoms with Crippen LogP contribution in [0.5, 0.6) is 0 Å². The number of aliphatic hydroxyl groups is 1. The summed E-state index contributed by atoms with van der Waals surface area (Å²) in [5.74, 6) is 0.110. The lowest BCUT2D eigenvalue weighted by Gasteiger charge is -2.32. The Hall–Kier alpha value is -0.650. The van der Waals surface area contributed by atoms with Crippen LogP contribution in [0.1, 0.15) is 32.1 Å². The Balaban J connectivity index is 1.53. The first kappa shape index (κ1) is 12.8. The summed E-state index contributed by atoms with van der Waals surface area (Å²) < 4.78 is 5.21. The summed E-state index contributed by atoms with van der Waals surface area (Å²) >= 11 is 0. The van der Waals surface area contributed by atoms with Crippen molar-refractivity contribution in [2.75, 3.05) is 26.3 Å². The molecule has 1 saturated heterocycles. The van der Waals surface area contributed by atoms with Gasteiger partial charge in [-0.05, 0) is 12.8 Å². The van der Waals surface area contributed by atoms with Gasteiger partial charge in [0.1, 0.15) is 0 Å². The molecule has 1 amide bonds. The van der Waals surface area contributed by atoms with Crippen LogP contribution in [-0.4, -0.2) is 49.0 Å². The van der Waals surface area contributed by atoms with Crippen molar-refractivity contribution in [2.45, 2.75) is 43.7 Å². The second-order valence-corrected chi connectivity index (χ2v) is 5.11. The van der Waals surface area contributed by atoms with E-state index in [9.17, 15) is 9.90 Å². The van der Waals surface area contributed by atoms with Gasteiger partial charge in [-0.2, -0.15) is 0 Å². The van der Waals surface area contributed by atoms with Crippen molar-refractivity contribution in [1.82, 2.24) is 10.6 Å². The van der Waals surface area contributed by atoms with Crippen LogP contribution in [0.15, 0.2) is 0 Å². The number of hydrogen-bond acceptors (Lipinski definition) is 4. The van der Waals surface area contributed by atoms with E-state index in [4.69, 9.17) is 4.74 Å². The van der Waals surface area contributed by atoms with E-state index >= 15 is 0 Å². The lowest BCUT2D eigenvalue weighted by Crippen LogP contribution is -2.45. The monoisotopic (exact) mass is 242 g/mol. The summed E-state index contributed by atoms with van der Waals surface area (Å²) in [4.78, 5) is 11.4. The number of carbonyl (C=O) groups is 1. The zero-order chi connectivity index (χ0) is 12.1. The summed E-state index contributed by atoms with van der Waals surface area (Å²) in [6, 6.07) is 0.433. The van der Waals surface area contributed by atoms with E-state index < -0.39 is 5.60 Å². The summed E-state index contributed by atoms with van der Waals surface area (Å²) in [7, 11) is 0. The zero-order valence-corrected chi connectivity index (χ0v) is 10.2. The second-order valence-electron chi connectivity index (χ2n) is 5.11. The third kappa shape index (κ3) is 4.61. The fraction of sp³-hybridized carbons (Fsp3) is 0.917. The van der Waals surface area contributed by atoms with Crippen LogP contribution in [0.3, 0.4) is 0 Å². The van der Waals surface area contributed by atoms with Crippen molar-refractivity contribution in [3.05, 3.63) is 0 Å². The molecule has 0 unspecified atom stereocenters. The highest BCUT2D eigenvalue weighted by Gasteiger charge is 2.29. The molecule has 1 heterocycles. The van der Waals surface area contributed by atoms with Crippen LogP contribution in [0, 0.1) is 0 Å². The zero-order valence-electron chi connectivity index (χ0n) is 10.2. The van der Waals surface area contributed by atoms with E-state index in [1.54, 1.807) is 0 Å². The Bertz CT molecular complexity index is 260. The highest BCUT2D eigenvalue weighted by molar-refractivity contribution is 5.76. The number of amides is 1. The molecule has 5 heteroatoms. The van der Waals surface area contributed by atoms with Gasteiger partial charge < -0.3 is 20.5 Å². The summed E-state index contributed by atoms with van der Waals surface area (Å²) in [6.45, 7) is 2.43. The highest BCUT2D eigenvalue weighted by atomic mass is 16.5. The standard InChI is InChI=1S/C12H22N2O3/c15-11(14-10-1-2-10)3-6-13-9-12(16)4-7-17-8-5-12/h10,13,16H,1-9H2,(H,14,15). The van der Waals surface area contributed by atoms with Crippen molar-refractivity contribution >= 4 is 5.91 Å². The first-order valence-corrected chi connectivity index (χ1v) is 6.48. The maximum atomic E-state index is 11.4. The van der Waals surface area contributed by atoms with E-state index in [0.29, 0.717) is 51.6 Å². The van der Waals surface area contributed by atoms with Gasteiger partial charge in [0, 0.05) is 51.6 Å². The average Bonchev–Trinajstić information content (AvgIpc) is 3.09. The molecule has 0 bridgehead atoms. The normalized spacial score (nSPS) is 23.4. The van der Waals surface area contributed by atoms with Gasteiger partial charge in [0.2, 0.25) is 5.91 Å². The van der Waals surface area contributed by atoms with E-state index in [2.05, 4.69) is 10.6 Å². The number of carbonyl (C=O) groups excluding carboxylic acids is 1. The molecule has 2 rings (SSSR count). The first-order valence-electron chi connectivity index (χ1n) is 6.48. The predicted octanol–water partition coefficient (Wildman–Crippen LogP) is -0.214. The molecule has 0 radical (unpaired) electrons. The number of nitrogens with one attached hydrogen (secondary N) is 2. The highest BCUT2D eigenvalue weighted by Crippen LogP contribution is 2.19. The molecule has 1 saturated carbocycles. The van der Waals surface area contributed by atoms with Crippen molar-refractivity contribution in [2.24, 2.45) is 0 Å². The van der Waals surface area contributed by atoms with Crippen LogP contribution >= 0.6 is 0 Å². The molecule has 0 atom stereocenters. The van der Waals surface area contributed by atoms with Gasteiger partial charge in [0.05, 0.1) is 5.60 Å². The van der Waals surface area contributed by atoms with E-state index in [0.717, 1.165) is 12.8 Å². The van der Waals surface area contributed by atoms with E-state index in [1.165, 1.54) is 0 Å². The predicted molar refractivity (Wildman–Crippen MR) is 63.7 cm³/mol. The van der Waals surface area contributed by atoms with Crippen molar-refractivity contribution in [3.8, 4) is 0 Å². The van der Waals surface area contributed by atoms with Gasteiger partial charge in [0.15, 0.2) is 0 Å². The lowest BCUT2D eigenvalue weighted by molar-refractivity contribution is -0.121. The van der Waals surface area contributed by atoms with Crippen LogP contribution < -0.4 is 10.6 Å². The van der Waals surface area contributed by atoms with Crippen molar-refractivity contribution in [3.63, 3.8) is 0 Å². The molecule has 3 N–H and O–H groups in total. The Kier molecular flexibility index (Phi) is 4.36. The first-order chi connectivity index (χ1) is 8.18. The number of hydrogen-bond donors (Lipinski definition) is 3. The topological polar surface area (TPSA) is 70.6 Å². The minimum Gasteiger partial charge on any atom is -0.388 e. The van der Waals surface area contributed by atoms with Crippen LogP contribution in [0.25, 0.3) is 0 Å². The van der Waals surface area contributed by atoms with Crippen LogP contribution in [-0.2, 0) is 9.53 Å². The lowest BCUT2D eigenvalue weighted by atomic mass is 9.94. The molecular weight excluding hydrogens is 220 g/mol. The minimum absolute atomic E-state index is 0.110. The SMILES string of the molecule is O=C(CCNCC1(O)CCOCC1)NC1CC1. The van der Waals surface area contributed by atoms with Gasteiger partial charge in [-0.15, -0.1) is 0 Å². The maximum Gasteiger partial charge on any atom is 0.221 e. The molecule has 0 spiro atoms. The molecule has 1 aliphatic heterocycles. The Morgan fingerprint density at radius 3 is 2.71 bits per heavy atom. The third-order valence-electron chi connectivity index (χ3n) is 3.35. The molecule has 17 heavy (non-hydrogen) atoms. The smallest absolute Gasteiger partial charge is 0.221 e. The molecule has 0 aromatic carbocycles. The van der Waals surface area contributed by atoms with Gasteiger partial charge in [-0.1, -0.05) is 0 Å². The Morgan fingerprint density at radius 2 is 2.06 bits per heavy atom. The molecule has 0 aromatic rings. The largest absolute Gasteiger partial charge is 0.388 e. The average molecular weight is 242 g/mol. The minimum atomic E-state index is -0.648. The summed E-state index contributed by atoms with van der Waals surface area (Å²) in [6.07, 6.45) is 4.09. The molecule has 2 aliphatic rings. The molecular formula is C12H22N2O3. The fourth-order valence-electron chi connectivity index (χ4n) is 1.98. The van der Waals surface area contributed by atoms with Crippen molar-refractivity contribution < 1.29 is 14.6 Å². The molecule has 2 fully saturated rings. The second kappa shape index (κ2) is 5.80. The molecule has 98 valence electrons. The number of rotatable bonds is 6. The third-order valence-corrected chi connectivity index (χ3v) is 3.35. The van der Waals surface area contributed by atoms with Gasteiger partial charge in [-0.25, -0.2) is 0 Å². The quantitative estimate of drug-likeness (QED) is 0.564. The molecule has 0 aromatic heterocycles. The summed E-state index contributed by atoms with van der Waals surface area (Å²) in [5, 5.41) is 16.2. The van der Waals surface area contributed by atoms with E-state index in [-0.39, 0.29) is 5.91 Å². The Morgan fingerprint density at radius 1 is 1.35 bits per heavy atom.